The van der Waals surface area contributed by atoms with Gasteiger partial charge in [0.05, 0.1) is 24.5 Å². The maximum atomic E-state index is 12.2. The van der Waals surface area contributed by atoms with Gasteiger partial charge in [-0.2, -0.15) is 0 Å². The van der Waals surface area contributed by atoms with Crippen molar-refractivity contribution in [1.82, 2.24) is 4.98 Å². The second kappa shape index (κ2) is 8.69. The summed E-state index contributed by atoms with van der Waals surface area (Å²) in [5.74, 6) is 0.339. The largest absolute Gasteiger partial charge is 0.469 e. The normalized spacial score (nSPS) is 11.7. The zero-order chi connectivity index (χ0) is 16.7. The summed E-state index contributed by atoms with van der Waals surface area (Å²) in [4.78, 5) is 27.6. The van der Waals surface area contributed by atoms with Crippen LogP contribution >= 0.6 is 23.1 Å². The van der Waals surface area contributed by atoms with E-state index in [1.165, 1.54) is 24.0 Å². The molecule has 0 spiro atoms. The average molecular weight is 350 g/mol. The fourth-order valence-electron chi connectivity index (χ4n) is 1.74. The second-order valence-electron chi connectivity index (χ2n) is 4.82. The first-order valence-corrected chi connectivity index (χ1v) is 8.99. The molecule has 0 radical (unpaired) electrons. The van der Waals surface area contributed by atoms with Crippen molar-refractivity contribution >= 4 is 40.1 Å². The molecule has 7 heteroatoms. The second-order valence-corrected chi connectivity index (χ2v) is 7.01. The fourth-order valence-corrected chi connectivity index (χ4v) is 3.30. The molecule has 0 fully saturated rings. The number of carbonyl (C=O) groups excluding carboxylic acids is 2. The molecule has 0 saturated heterocycles. The molecule has 1 amide bonds. The summed E-state index contributed by atoms with van der Waals surface area (Å²) in [6.07, 6.45) is 0.112. The Morgan fingerprint density at radius 2 is 2.09 bits per heavy atom. The number of aromatic nitrogens is 1. The lowest BCUT2D eigenvalue weighted by molar-refractivity contribution is -0.139. The number of nitrogens with zero attached hydrogens (tertiary/aromatic N) is 1. The minimum atomic E-state index is -0.347. The highest BCUT2D eigenvalue weighted by atomic mass is 32.2. The Kier molecular flexibility index (Phi) is 6.61. The van der Waals surface area contributed by atoms with Crippen molar-refractivity contribution < 1.29 is 14.3 Å². The smallest absolute Gasteiger partial charge is 0.311 e. The number of benzene rings is 1. The Morgan fingerprint density at radius 1 is 1.35 bits per heavy atom. The molecule has 1 aromatic heterocycles. The van der Waals surface area contributed by atoms with E-state index in [1.54, 1.807) is 17.1 Å². The van der Waals surface area contributed by atoms with Crippen LogP contribution in [0.25, 0.3) is 0 Å². The molecule has 0 aliphatic heterocycles. The maximum absolute atomic E-state index is 12.2. The van der Waals surface area contributed by atoms with E-state index in [-0.39, 0.29) is 23.5 Å². The summed E-state index contributed by atoms with van der Waals surface area (Å²) in [7, 11) is 1.34. The molecule has 1 N–H and O–H groups in total. The SMILES string of the molecule is COC(=O)Cc1csc(NC(=O)[C@H](C)SCc2ccccc2)n1. The first kappa shape index (κ1) is 17.5. The number of hydrogen-bond acceptors (Lipinski definition) is 6. The molecule has 23 heavy (non-hydrogen) atoms. The highest BCUT2D eigenvalue weighted by molar-refractivity contribution is 7.99. The molecule has 0 unspecified atom stereocenters. The van der Waals surface area contributed by atoms with E-state index < -0.39 is 0 Å². The number of anilines is 1. The van der Waals surface area contributed by atoms with Gasteiger partial charge in [-0.25, -0.2) is 4.98 Å². The molecular formula is C16H18N2O3S2. The molecule has 2 aromatic rings. The third-order valence-corrected chi connectivity index (χ3v) is 5.07. The molecule has 2 rings (SSSR count). The number of hydrogen-bond donors (Lipinski definition) is 1. The minimum Gasteiger partial charge on any atom is -0.469 e. The van der Waals surface area contributed by atoms with E-state index in [4.69, 9.17) is 0 Å². The summed E-state index contributed by atoms with van der Waals surface area (Å²) in [5.41, 5.74) is 1.79. The zero-order valence-corrected chi connectivity index (χ0v) is 14.6. The van der Waals surface area contributed by atoms with Gasteiger partial charge in [-0.3, -0.25) is 9.59 Å². The predicted molar refractivity (Wildman–Crippen MR) is 93.7 cm³/mol. The van der Waals surface area contributed by atoms with E-state index in [1.807, 2.05) is 37.3 Å². The minimum absolute atomic E-state index is 0.0927. The molecule has 122 valence electrons. The molecule has 1 atom stereocenters. The van der Waals surface area contributed by atoms with Gasteiger partial charge in [-0.15, -0.1) is 23.1 Å². The van der Waals surface area contributed by atoms with Crippen LogP contribution in [0.1, 0.15) is 18.2 Å². The summed E-state index contributed by atoms with van der Waals surface area (Å²) in [6.45, 7) is 1.87. The molecule has 0 aliphatic rings. The van der Waals surface area contributed by atoms with Crippen molar-refractivity contribution in [3.63, 3.8) is 0 Å². The number of methoxy groups -OCH3 is 1. The maximum Gasteiger partial charge on any atom is 0.311 e. The topological polar surface area (TPSA) is 68.3 Å². The van der Waals surface area contributed by atoms with Crippen molar-refractivity contribution in [3.8, 4) is 0 Å². The van der Waals surface area contributed by atoms with Gasteiger partial charge in [0.2, 0.25) is 5.91 Å². The molecule has 0 aliphatic carbocycles. The number of carbonyl (C=O) groups is 2. The number of thiazole rings is 1. The molecular weight excluding hydrogens is 332 g/mol. The Morgan fingerprint density at radius 3 is 2.78 bits per heavy atom. The van der Waals surface area contributed by atoms with Gasteiger partial charge >= 0.3 is 5.97 Å². The average Bonchev–Trinajstić information content (AvgIpc) is 3.00. The first-order chi connectivity index (χ1) is 11.1. The van der Waals surface area contributed by atoms with Crippen LogP contribution in [0.2, 0.25) is 0 Å². The van der Waals surface area contributed by atoms with Crippen molar-refractivity contribution in [2.45, 2.75) is 24.3 Å². The van der Waals surface area contributed by atoms with Crippen molar-refractivity contribution in [2.24, 2.45) is 0 Å². The lowest BCUT2D eigenvalue weighted by atomic mass is 10.2. The van der Waals surface area contributed by atoms with Crippen LogP contribution < -0.4 is 5.32 Å². The zero-order valence-electron chi connectivity index (χ0n) is 12.9. The van der Waals surface area contributed by atoms with E-state index in [9.17, 15) is 9.59 Å². The summed E-state index contributed by atoms with van der Waals surface area (Å²) < 4.78 is 4.59. The molecule has 1 aromatic carbocycles. The summed E-state index contributed by atoms with van der Waals surface area (Å²) >= 11 is 2.87. The van der Waals surface area contributed by atoms with Crippen LogP contribution in [0.5, 0.6) is 0 Å². The molecule has 1 heterocycles. The van der Waals surface area contributed by atoms with Gasteiger partial charge in [-0.05, 0) is 12.5 Å². The summed E-state index contributed by atoms with van der Waals surface area (Å²) in [5, 5.41) is 4.84. The van der Waals surface area contributed by atoms with Crippen molar-refractivity contribution in [2.75, 3.05) is 12.4 Å². The van der Waals surface area contributed by atoms with E-state index in [2.05, 4.69) is 15.0 Å². The number of ether oxygens (including phenoxy) is 1. The van der Waals surface area contributed by atoms with Gasteiger partial charge < -0.3 is 10.1 Å². The van der Waals surface area contributed by atoms with Crippen LogP contribution in [-0.4, -0.2) is 29.2 Å². The number of esters is 1. The van der Waals surface area contributed by atoms with Gasteiger partial charge in [-0.1, -0.05) is 30.3 Å². The Hall–Kier alpha value is -1.86. The molecule has 5 nitrogen and oxygen atoms in total. The highest BCUT2D eigenvalue weighted by Crippen LogP contribution is 2.21. The van der Waals surface area contributed by atoms with Gasteiger partial charge in [0, 0.05) is 11.1 Å². The van der Waals surface area contributed by atoms with Crippen LogP contribution in [-0.2, 0) is 26.5 Å². The Labute approximate surface area is 143 Å². The quantitative estimate of drug-likeness (QED) is 0.777. The van der Waals surface area contributed by atoms with Gasteiger partial charge in [0.15, 0.2) is 5.13 Å². The molecule has 0 saturated carbocycles. The summed E-state index contributed by atoms with van der Waals surface area (Å²) in [6, 6.07) is 10.0. The number of amides is 1. The van der Waals surface area contributed by atoms with E-state index >= 15 is 0 Å². The Balaban J connectivity index is 1.82. The lowest BCUT2D eigenvalue weighted by Gasteiger charge is -2.10. The highest BCUT2D eigenvalue weighted by Gasteiger charge is 2.16. The van der Waals surface area contributed by atoms with E-state index in [0.29, 0.717) is 10.8 Å². The Bertz CT molecular complexity index is 658. The van der Waals surface area contributed by atoms with Crippen LogP contribution in [0, 0.1) is 0 Å². The van der Waals surface area contributed by atoms with Crippen LogP contribution in [0.15, 0.2) is 35.7 Å². The van der Waals surface area contributed by atoms with Gasteiger partial charge in [0.25, 0.3) is 0 Å². The lowest BCUT2D eigenvalue weighted by Crippen LogP contribution is -2.22. The monoisotopic (exact) mass is 350 g/mol. The molecule has 0 bridgehead atoms. The predicted octanol–water partition coefficient (Wildman–Crippen LogP) is 3.12. The standard InChI is InChI=1S/C16H18N2O3S2/c1-11(22-9-12-6-4-3-5-7-12)15(20)18-16-17-13(10-23-16)8-14(19)21-2/h3-7,10-11H,8-9H2,1-2H3,(H,17,18,20)/t11-/m0/s1. The fraction of sp³-hybridized carbons (Fsp3) is 0.312. The van der Waals surface area contributed by atoms with Crippen molar-refractivity contribution in [1.29, 1.82) is 0 Å². The number of rotatable bonds is 7. The first-order valence-electron chi connectivity index (χ1n) is 7.06. The third-order valence-electron chi connectivity index (χ3n) is 3.05. The van der Waals surface area contributed by atoms with Crippen LogP contribution in [0.4, 0.5) is 5.13 Å². The number of nitrogens with one attached hydrogen (secondary N) is 1. The van der Waals surface area contributed by atoms with Crippen LogP contribution in [0.3, 0.4) is 0 Å². The van der Waals surface area contributed by atoms with Gasteiger partial charge in [0.1, 0.15) is 0 Å². The van der Waals surface area contributed by atoms with E-state index in [0.717, 1.165) is 5.75 Å². The number of thioether (sulfide) groups is 1. The third kappa shape index (κ3) is 5.69. The van der Waals surface area contributed by atoms with Crippen molar-refractivity contribution in [3.05, 3.63) is 47.0 Å².